The smallest absolute Gasteiger partial charge is 0.257 e. The summed E-state index contributed by atoms with van der Waals surface area (Å²) in [7, 11) is 1.74. The molecule has 6 heteroatoms. The zero-order chi connectivity index (χ0) is 14.7. The minimum atomic E-state index is -0.225. The van der Waals surface area contributed by atoms with Crippen molar-refractivity contribution < 1.29 is 4.79 Å². The summed E-state index contributed by atoms with van der Waals surface area (Å²) < 4.78 is 0.785. The van der Waals surface area contributed by atoms with Gasteiger partial charge < -0.3 is 10.6 Å². The Labute approximate surface area is 130 Å². The van der Waals surface area contributed by atoms with E-state index in [0.29, 0.717) is 22.0 Å². The monoisotopic (exact) mass is 353 g/mol. The average molecular weight is 355 g/mol. The van der Waals surface area contributed by atoms with E-state index < -0.39 is 0 Å². The van der Waals surface area contributed by atoms with Gasteiger partial charge in [0.1, 0.15) is 0 Å². The average Bonchev–Trinajstić information content (AvgIpc) is 2.44. The van der Waals surface area contributed by atoms with Gasteiger partial charge in [-0.05, 0) is 46.6 Å². The maximum absolute atomic E-state index is 12.3. The van der Waals surface area contributed by atoms with Gasteiger partial charge in [-0.3, -0.25) is 9.78 Å². The molecule has 2 aromatic rings. The fourth-order valence-corrected chi connectivity index (χ4v) is 2.44. The van der Waals surface area contributed by atoms with Crippen LogP contribution in [0.15, 0.2) is 35.1 Å². The van der Waals surface area contributed by atoms with E-state index in [1.165, 1.54) is 0 Å². The number of pyridine rings is 1. The number of hydrogen-bond acceptors (Lipinski definition) is 3. The van der Waals surface area contributed by atoms with Gasteiger partial charge in [0.15, 0.2) is 0 Å². The normalized spacial score (nSPS) is 10.2. The Morgan fingerprint density at radius 2 is 2.10 bits per heavy atom. The van der Waals surface area contributed by atoms with Crippen molar-refractivity contribution >= 4 is 44.8 Å². The number of halogens is 2. The maximum Gasteiger partial charge on any atom is 0.257 e. The molecule has 0 aliphatic carbocycles. The van der Waals surface area contributed by atoms with Gasteiger partial charge in [0, 0.05) is 22.7 Å². The molecule has 0 bridgehead atoms. The van der Waals surface area contributed by atoms with E-state index in [1.54, 1.807) is 31.6 Å². The summed E-state index contributed by atoms with van der Waals surface area (Å²) in [5, 5.41) is 6.37. The summed E-state index contributed by atoms with van der Waals surface area (Å²) in [6, 6.07) is 5.24. The molecular formula is C14H13BrClN3O. The number of anilines is 2. The molecule has 0 atom stereocenters. The van der Waals surface area contributed by atoms with Gasteiger partial charge in [0.05, 0.1) is 23.1 Å². The lowest BCUT2D eigenvalue weighted by Crippen LogP contribution is -2.14. The molecule has 0 saturated heterocycles. The highest BCUT2D eigenvalue weighted by Gasteiger charge is 2.13. The van der Waals surface area contributed by atoms with Gasteiger partial charge in [-0.1, -0.05) is 11.6 Å². The van der Waals surface area contributed by atoms with Crippen LogP contribution in [0.3, 0.4) is 0 Å². The third-order valence-electron chi connectivity index (χ3n) is 2.83. The first-order valence-electron chi connectivity index (χ1n) is 5.91. The second kappa shape index (κ2) is 6.24. The predicted octanol–water partition coefficient (Wildman–Crippen LogP) is 4.10. The van der Waals surface area contributed by atoms with Crippen molar-refractivity contribution in [2.75, 3.05) is 17.7 Å². The Kier molecular flexibility index (Phi) is 4.62. The quantitative estimate of drug-likeness (QED) is 0.872. The van der Waals surface area contributed by atoms with E-state index in [1.807, 2.05) is 13.0 Å². The number of nitrogens with one attached hydrogen (secondary N) is 2. The van der Waals surface area contributed by atoms with Crippen molar-refractivity contribution in [2.45, 2.75) is 6.92 Å². The standard InChI is InChI=1S/C14H13BrClN3O/c1-8-5-10(15)12(6-11(8)16)19-14(20)9-3-4-18-7-13(9)17-2/h3-7,17H,1-2H3,(H,19,20). The molecular weight excluding hydrogens is 342 g/mol. The van der Waals surface area contributed by atoms with Gasteiger partial charge in [-0.25, -0.2) is 0 Å². The fourth-order valence-electron chi connectivity index (χ4n) is 1.72. The van der Waals surface area contributed by atoms with Crippen LogP contribution in [0.5, 0.6) is 0 Å². The fraction of sp³-hybridized carbons (Fsp3) is 0.143. The molecule has 0 unspecified atom stereocenters. The van der Waals surface area contributed by atoms with E-state index in [2.05, 4.69) is 31.5 Å². The number of amides is 1. The summed E-state index contributed by atoms with van der Waals surface area (Å²) in [6.07, 6.45) is 3.18. The van der Waals surface area contributed by atoms with E-state index in [4.69, 9.17) is 11.6 Å². The van der Waals surface area contributed by atoms with E-state index in [0.717, 1.165) is 10.0 Å². The van der Waals surface area contributed by atoms with Crippen molar-refractivity contribution in [1.29, 1.82) is 0 Å². The molecule has 4 nitrogen and oxygen atoms in total. The Balaban J connectivity index is 2.30. The summed E-state index contributed by atoms with van der Waals surface area (Å²) in [5.74, 6) is -0.225. The van der Waals surface area contributed by atoms with Crippen molar-refractivity contribution in [3.63, 3.8) is 0 Å². The third kappa shape index (κ3) is 3.11. The first kappa shape index (κ1) is 14.8. The molecule has 20 heavy (non-hydrogen) atoms. The molecule has 1 heterocycles. The third-order valence-corrected chi connectivity index (χ3v) is 3.89. The highest BCUT2D eigenvalue weighted by Crippen LogP contribution is 2.29. The lowest BCUT2D eigenvalue weighted by Gasteiger charge is -2.11. The Morgan fingerprint density at radius 1 is 1.35 bits per heavy atom. The molecule has 104 valence electrons. The zero-order valence-electron chi connectivity index (χ0n) is 11.0. The van der Waals surface area contributed by atoms with Crippen molar-refractivity contribution in [1.82, 2.24) is 4.98 Å². The van der Waals surface area contributed by atoms with E-state index >= 15 is 0 Å². The van der Waals surface area contributed by atoms with Gasteiger partial charge in [0.25, 0.3) is 5.91 Å². The number of rotatable bonds is 3. The lowest BCUT2D eigenvalue weighted by molar-refractivity contribution is 0.102. The molecule has 0 aliphatic rings. The number of hydrogen-bond donors (Lipinski definition) is 2. The second-order valence-electron chi connectivity index (χ2n) is 4.21. The number of aryl methyl sites for hydroxylation is 1. The molecule has 0 radical (unpaired) electrons. The van der Waals surface area contributed by atoms with Crippen LogP contribution < -0.4 is 10.6 Å². The highest BCUT2D eigenvalue weighted by atomic mass is 79.9. The Morgan fingerprint density at radius 3 is 2.80 bits per heavy atom. The molecule has 0 spiro atoms. The number of benzene rings is 1. The number of carbonyl (C=O) groups excluding carboxylic acids is 1. The van der Waals surface area contributed by atoms with Gasteiger partial charge in [-0.15, -0.1) is 0 Å². The SMILES string of the molecule is CNc1cnccc1C(=O)Nc1cc(Cl)c(C)cc1Br. The number of carbonyl (C=O) groups is 1. The molecule has 0 fully saturated rings. The second-order valence-corrected chi connectivity index (χ2v) is 5.47. The van der Waals surface area contributed by atoms with Crippen molar-refractivity contribution in [3.8, 4) is 0 Å². The van der Waals surface area contributed by atoms with Crippen molar-refractivity contribution in [2.24, 2.45) is 0 Å². The molecule has 1 amide bonds. The lowest BCUT2D eigenvalue weighted by atomic mass is 10.2. The van der Waals surface area contributed by atoms with E-state index in [-0.39, 0.29) is 5.91 Å². The van der Waals surface area contributed by atoms with Gasteiger partial charge in [0.2, 0.25) is 0 Å². The van der Waals surface area contributed by atoms with Crippen LogP contribution in [0, 0.1) is 6.92 Å². The van der Waals surface area contributed by atoms with Gasteiger partial charge in [-0.2, -0.15) is 0 Å². The van der Waals surface area contributed by atoms with Gasteiger partial charge >= 0.3 is 0 Å². The van der Waals surface area contributed by atoms with Crippen LogP contribution >= 0.6 is 27.5 Å². The highest BCUT2D eigenvalue weighted by molar-refractivity contribution is 9.10. The molecule has 0 aliphatic heterocycles. The molecule has 1 aromatic heterocycles. The van der Waals surface area contributed by atoms with Crippen LogP contribution in [0.4, 0.5) is 11.4 Å². The largest absolute Gasteiger partial charge is 0.386 e. The van der Waals surface area contributed by atoms with Crippen molar-refractivity contribution in [3.05, 3.63) is 51.2 Å². The Hall–Kier alpha value is -1.59. The summed E-state index contributed by atoms with van der Waals surface area (Å²) in [6.45, 7) is 1.90. The molecule has 0 saturated carbocycles. The number of aromatic nitrogens is 1. The maximum atomic E-state index is 12.3. The predicted molar refractivity (Wildman–Crippen MR) is 85.6 cm³/mol. The van der Waals surface area contributed by atoms with Crippen LogP contribution in [0.25, 0.3) is 0 Å². The first-order valence-corrected chi connectivity index (χ1v) is 7.08. The summed E-state index contributed by atoms with van der Waals surface area (Å²) in [4.78, 5) is 16.3. The Bertz CT molecular complexity index is 661. The first-order chi connectivity index (χ1) is 9.52. The van der Waals surface area contributed by atoms with Crippen LogP contribution in [-0.2, 0) is 0 Å². The summed E-state index contributed by atoms with van der Waals surface area (Å²) in [5.41, 5.74) is 2.76. The number of nitrogens with zero attached hydrogens (tertiary/aromatic N) is 1. The van der Waals surface area contributed by atoms with Crippen LogP contribution in [0.2, 0.25) is 5.02 Å². The molecule has 1 aromatic carbocycles. The molecule has 2 rings (SSSR count). The minimum Gasteiger partial charge on any atom is -0.386 e. The molecule has 2 N–H and O–H groups in total. The van der Waals surface area contributed by atoms with E-state index in [9.17, 15) is 4.79 Å². The van der Waals surface area contributed by atoms with Crippen LogP contribution in [0.1, 0.15) is 15.9 Å². The minimum absolute atomic E-state index is 0.225. The zero-order valence-corrected chi connectivity index (χ0v) is 13.3. The van der Waals surface area contributed by atoms with Crippen LogP contribution in [-0.4, -0.2) is 17.9 Å². The summed E-state index contributed by atoms with van der Waals surface area (Å²) >= 11 is 9.50. The topological polar surface area (TPSA) is 54.0 Å².